The van der Waals surface area contributed by atoms with Gasteiger partial charge >= 0.3 is 5.97 Å². The number of hydrogen-bond donors (Lipinski definition) is 0. The van der Waals surface area contributed by atoms with E-state index in [-0.39, 0.29) is 11.4 Å². The summed E-state index contributed by atoms with van der Waals surface area (Å²) in [5.74, 6) is -0.335. The summed E-state index contributed by atoms with van der Waals surface area (Å²) < 4.78 is 4.99. The third kappa shape index (κ3) is 4.60. The summed E-state index contributed by atoms with van der Waals surface area (Å²) in [6, 6.07) is 0. The van der Waals surface area contributed by atoms with Crippen LogP contribution in [0.1, 0.15) is 34.1 Å². The number of hydrogen-bond acceptors (Lipinski definition) is 2. The standard InChI is InChI=1S/C9H17ClO2/c1-5-9(3,4)6-12-8(11)7(2)10/h7H,5-6H2,1-4H3/t7-/m0/s1. The Bertz CT molecular complexity index is 153. The predicted octanol–water partition coefficient (Wildman–Crippen LogP) is 2.59. The smallest absolute Gasteiger partial charge is 0.323 e. The van der Waals surface area contributed by atoms with E-state index >= 15 is 0 Å². The van der Waals surface area contributed by atoms with Gasteiger partial charge in [0.25, 0.3) is 0 Å². The van der Waals surface area contributed by atoms with Crippen molar-refractivity contribution in [2.24, 2.45) is 5.41 Å². The largest absolute Gasteiger partial charge is 0.464 e. The molecule has 0 aliphatic carbocycles. The summed E-state index contributed by atoms with van der Waals surface area (Å²) in [7, 11) is 0. The number of alkyl halides is 1. The van der Waals surface area contributed by atoms with E-state index in [1.807, 2.05) is 0 Å². The monoisotopic (exact) mass is 192 g/mol. The molecular formula is C9H17ClO2. The first-order valence-electron chi connectivity index (χ1n) is 4.20. The zero-order chi connectivity index (χ0) is 9.78. The maximum atomic E-state index is 11.0. The molecule has 2 nitrogen and oxygen atoms in total. The van der Waals surface area contributed by atoms with Crippen LogP contribution in [0, 0.1) is 5.41 Å². The second-order valence-corrected chi connectivity index (χ2v) is 4.40. The average Bonchev–Trinajstić information content (AvgIpc) is 2.00. The number of halogens is 1. The van der Waals surface area contributed by atoms with E-state index in [1.54, 1.807) is 6.92 Å². The number of carbonyl (C=O) groups excluding carboxylic acids is 1. The van der Waals surface area contributed by atoms with Crippen LogP contribution in [-0.4, -0.2) is 18.0 Å². The van der Waals surface area contributed by atoms with Gasteiger partial charge in [-0.2, -0.15) is 0 Å². The van der Waals surface area contributed by atoms with Crippen molar-refractivity contribution in [3.8, 4) is 0 Å². The lowest BCUT2D eigenvalue weighted by molar-refractivity contribution is -0.145. The van der Waals surface area contributed by atoms with Gasteiger partial charge in [-0.15, -0.1) is 11.6 Å². The SMILES string of the molecule is CCC(C)(C)COC(=O)[C@H](C)Cl. The van der Waals surface area contributed by atoms with Gasteiger partial charge in [-0.1, -0.05) is 20.8 Å². The fourth-order valence-electron chi connectivity index (χ4n) is 0.483. The Hall–Kier alpha value is -0.240. The summed E-state index contributed by atoms with van der Waals surface area (Å²) in [5.41, 5.74) is 0.0570. The highest BCUT2D eigenvalue weighted by atomic mass is 35.5. The highest BCUT2D eigenvalue weighted by Gasteiger charge is 2.19. The summed E-state index contributed by atoms with van der Waals surface area (Å²) in [5, 5.41) is -0.544. The van der Waals surface area contributed by atoms with Crippen LogP contribution in [0.15, 0.2) is 0 Å². The van der Waals surface area contributed by atoms with E-state index in [9.17, 15) is 4.79 Å². The zero-order valence-corrected chi connectivity index (χ0v) is 8.94. The molecular weight excluding hydrogens is 176 g/mol. The topological polar surface area (TPSA) is 26.3 Å². The lowest BCUT2D eigenvalue weighted by atomic mass is 9.92. The van der Waals surface area contributed by atoms with Gasteiger partial charge in [0.2, 0.25) is 0 Å². The van der Waals surface area contributed by atoms with Gasteiger partial charge in [0.1, 0.15) is 5.38 Å². The van der Waals surface area contributed by atoms with Crippen LogP contribution in [0.25, 0.3) is 0 Å². The Labute approximate surface area is 79.2 Å². The molecule has 0 aromatic heterocycles. The van der Waals surface area contributed by atoms with Gasteiger partial charge in [-0.3, -0.25) is 4.79 Å². The third-order valence-electron chi connectivity index (χ3n) is 1.89. The van der Waals surface area contributed by atoms with E-state index in [0.29, 0.717) is 6.61 Å². The van der Waals surface area contributed by atoms with E-state index in [0.717, 1.165) is 6.42 Å². The van der Waals surface area contributed by atoms with Crippen LogP contribution in [-0.2, 0) is 9.53 Å². The molecule has 0 saturated carbocycles. The van der Waals surface area contributed by atoms with Crippen LogP contribution >= 0.6 is 11.6 Å². The average molecular weight is 193 g/mol. The molecule has 0 rings (SSSR count). The van der Waals surface area contributed by atoms with Crippen molar-refractivity contribution in [1.82, 2.24) is 0 Å². The maximum Gasteiger partial charge on any atom is 0.323 e. The number of rotatable bonds is 4. The van der Waals surface area contributed by atoms with Gasteiger partial charge in [-0.05, 0) is 18.8 Å². The zero-order valence-electron chi connectivity index (χ0n) is 8.19. The van der Waals surface area contributed by atoms with E-state index in [2.05, 4.69) is 20.8 Å². The van der Waals surface area contributed by atoms with Crippen molar-refractivity contribution in [3.63, 3.8) is 0 Å². The second kappa shape index (κ2) is 4.70. The minimum atomic E-state index is -0.544. The van der Waals surface area contributed by atoms with E-state index in [1.165, 1.54) is 0 Å². The second-order valence-electron chi connectivity index (χ2n) is 3.74. The van der Waals surface area contributed by atoms with Gasteiger partial charge in [0, 0.05) is 0 Å². The molecule has 0 saturated heterocycles. The maximum absolute atomic E-state index is 11.0. The number of carbonyl (C=O) groups is 1. The van der Waals surface area contributed by atoms with Crippen molar-refractivity contribution in [2.75, 3.05) is 6.61 Å². The predicted molar refractivity (Wildman–Crippen MR) is 50.3 cm³/mol. The van der Waals surface area contributed by atoms with Gasteiger partial charge in [0.15, 0.2) is 0 Å². The molecule has 12 heavy (non-hydrogen) atoms. The van der Waals surface area contributed by atoms with Crippen molar-refractivity contribution >= 4 is 17.6 Å². The molecule has 0 radical (unpaired) electrons. The normalized spacial score (nSPS) is 14.1. The molecule has 0 aliphatic rings. The Balaban J connectivity index is 3.76. The Morgan fingerprint density at radius 1 is 1.58 bits per heavy atom. The van der Waals surface area contributed by atoms with E-state index in [4.69, 9.17) is 16.3 Å². The van der Waals surface area contributed by atoms with Crippen molar-refractivity contribution in [2.45, 2.75) is 39.5 Å². The Kier molecular flexibility index (Phi) is 4.61. The Morgan fingerprint density at radius 2 is 2.08 bits per heavy atom. The van der Waals surface area contributed by atoms with Gasteiger partial charge in [0.05, 0.1) is 6.61 Å². The van der Waals surface area contributed by atoms with Crippen LogP contribution < -0.4 is 0 Å². The van der Waals surface area contributed by atoms with Crippen molar-refractivity contribution in [3.05, 3.63) is 0 Å². The summed E-state index contributed by atoms with van der Waals surface area (Å²) in [6.45, 7) is 8.23. The lowest BCUT2D eigenvalue weighted by Crippen LogP contribution is -2.24. The van der Waals surface area contributed by atoms with Crippen LogP contribution in [0.4, 0.5) is 0 Å². The van der Waals surface area contributed by atoms with Crippen LogP contribution in [0.5, 0.6) is 0 Å². The highest BCUT2D eigenvalue weighted by molar-refractivity contribution is 6.29. The minimum absolute atomic E-state index is 0.0570. The van der Waals surface area contributed by atoms with Gasteiger partial charge in [-0.25, -0.2) is 0 Å². The van der Waals surface area contributed by atoms with Gasteiger partial charge < -0.3 is 4.74 Å². The van der Waals surface area contributed by atoms with Crippen LogP contribution in [0.3, 0.4) is 0 Å². The first-order chi connectivity index (χ1) is 5.39. The molecule has 3 heteroatoms. The lowest BCUT2D eigenvalue weighted by Gasteiger charge is -2.22. The molecule has 0 unspecified atom stereocenters. The molecule has 0 heterocycles. The highest BCUT2D eigenvalue weighted by Crippen LogP contribution is 2.19. The molecule has 1 atom stereocenters. The fraction of sp³-hybridized carbons (Fsp3) is 0.889. The van der Waals surface area contributed by atoms with E-state index < -0.39 is 5.38 Å². The molecule has 0 N–H and O–H groups in total. The number of esters is 1. The third-order valence-corrected chi connectivity index (χ3v) is 2.07. The first-order valence-corrected chi connectivity index (χ1v) is 4.63. The van der Waals surface area contributed by atoms with Crippen LogP contribution in [0.2, 0.25) is 0 Å². The number of ether oxygens (including phenoxy) is 1. The van der Waals surface area contributed by atoms with Crippen molar-refractivity contribution < 1.29 is 9.53 Å². The molecule has 0 aliphatic heterocycles. The molecule has 72 valence electrons. The quantitative estimate of drug-likeness (QED) is 0.506. The summed E-state index contributed by atoms with van der Waals surface area (Å²) in [4.78, 5) is 11.0. The summed E-state index contributed by atoms with van der Waals surface area (Å²) >= 11 is 5.53. The molecule has 0 amide bonds. The molecule has 0 spiro atoms. The Morgan fingerprint density at radius 3 is 2.42 bits per heavy atom. The molecule has 0 fully saturated rings. The molecule has 0 aromatic carbocycles. The van der Waals surface area contributed by atoms with Crippen molar-refractivity contribution in [1.29, 1.82) is 0 Å². The minimum Gasteiger partial charge on any atom is -0.464 e. The summed E-state index contributed by atoms with van der Waals surface area (Å²) in [6.07, 6.45) is 0.983. The fourth-order valence-corrected chi connectivity index (χ4v) is 0.546. The first kappa shape index (κ1) is 11.8. The molecule has 0 bridgehead atoms. The molecule has 0 aromatic rings.